The summed E-state index contributed by atoms with van der Waals surface area (Å²) in [6, 6.07) is 4.44. The molecule has 2 rings (SSSR count). The fraction of sp³-hybridized carbons (Fsp3) is 0.462. The standard InChI is InChI=1S/C13H15FO3/c1-17-12-3-2-9(8-11(12)14)13(16)6-4-10(15)5-7-13/h2-3,8,16H,4-7H2,1H3. The molecule has 1 aliphatic carbocycles. The Labute approximate surface area is 99.2 Å². The van der Waals surface area contributed by atoms with E-state index >= 15 is 0 Å². The summed E-state index contributed by atoms with van der Waals surface area (Å²) in [4.78, 5) is 11.1. The van der Waals surface area contributed by atoms with Crippen LogP contribution in [0, 0.1) is 5.82 Å². The van der Waals surface area contributed by atoms with Crippen LogP contribution < -0.4 is 4.74 Å². The number of hydrogen-bond donors (Lipinski definition) is 1. The van der Waals surface area contributed by atoms with Gasteiger partial charge in [-0.05, 0) is 30.5 Å². The van der Waals surface area contributed by atoms with Crippen molar-refractivity contribution in [2.75, 3.05) is 7.11 Å². The minimum atomic E-state index is -1.08. The lowest BCUT2D eigenvalue weighted by molar-refractivity contribution is -0.125. The zero-order chi connectivity index (χ0) is 12.5. The Kier molecular flexibility index (Phi) is 3.15. The molecule has 1 N–H and O–H groups in total. The van der Waals surface area contributed by atoms with E-state index in [0.29, 0.717) is 31.2 Å². The summed E-state index contributed by atoms with van der Waals surface area (Å²) in [5.74, 6) is -0.178. The summed E-state index contributed by atoms with van der Waals surface area (Å²) < 4.78 is 18.4. The Morgan fingerprint density at radius 3 is 2.53 bits per heavy atom. The van der Waals surface area contributed by atoms with Crippen LogP contribution in [-0.4, -0.2) is 18.0 Å². The van der Waals surface area contributed by atoms with Crippen LogP contribution in [0.25, 0.3) is 0 Å². The number of rotatable bonds is 2. The monoisotopic (exact) mass is 238 g/mol. The number of hydrogen-bond acceptors (Lipinski definition) is 3. The van der Waals surface area contributed by atoms with E-state index in [4.69, 9.17) is 4.74 Å². The smallest absolute Gasteiger partial charge is 0.165 e. The van der Waals surface area contributed by atoms with Crippen molar-refractivity contribution >= 4 is 5.78 Å². The fourth-order valence-electron chi connectivity index (χ4n) is 2.19. The number of methoxy groups -OCH3 is 1. The Hall–Kier alpha value is -1.42. The molecule has 4 heteroatoms. The molecule has 1 saturated carbocycles. The van der Waals surface area contributed by atoms with Crippen LogP contribution in [0.5, 0.6) is 5.75 Å². The van der Waals surface area contributed by atoms with E-state index in [9.17, 15) is 14.3 Å². The molecule has 0 bridgehead atoms. The van der Waals surface area contributed by atoms with Crippen LogP contribution in [0.1, 0.15) is 31.2 Å². The van der Waals surface area contributed by atoms with Crippen molar-refractivity contribution in [2.24, 2.45) is 0 Å². The first-order valence-corrected chi connectivity index (χ1v) is 5.63. The second-order valence-corrected chi connectivity index (χ2v) is 4.42. The molecule has 0 radical (unpaired) electrons. The molecule has 1 aromatic carbocycles. The van der Waals surface area contributed by atoms with Crippen LogP contribution in [0.2, 0.25) is 0 Å². The molecule has 0 atom stereocenters. The SMILES string of the molecule is COc1ccc(C2(O)CCC(=O)CC2)cc1F. The molecule has 0 aliphatic heterocycles. The van der Waals surface area contributed by atoms with Crippen molar-refractivity contribution in [1.82, 2.24) is 0 Å². The minimum Gasteiger partial charge on any atom is -0.494 e. The largest absolute Gasteiger partial charge is 0.494 e. The summed E-state index contributed by atoms with van der Waals surface area (Å²) in [6.07, 6.45) is 1.42. The highest BCUT2D eigenvalue weighted by Gasteiger charge is 2.34. The number of carbonyl (C=O) groups is 1. The quantitative estimate of drug-likeness (QED) is 0.858. The Bertz CT molecular complexity index is 432. The van der Waals surface area contributed by atoms with E-state index in [2.05, 4.69) is 0 Å². The summed E-state index contributed by atoms with van der Waals surface area (Å²) >= 11 is 0. The van der Waals surface area contributed by atoms with Crippen LogP contribution in [-0.2, 0) is 10.4 Å². The third kappa shape index (κ3) is 2.31. The van der Waals surface area contributed by atoms with Gasteiger partial charge in [0.1, 0.15) is 5.78 Å². The van der Waals surface area contributed by atoms with Crippen LogP contribution in [0.4, 0.5) is 4.39 Å². The first-order chi connectivity index (χ1) is 8.05. The Morgan fingerprint density at radius 1 is 1.35 bits per heavy atom. The van der Waals surface area contributed by atoms with Gasteiger partial charge in [0.15, 0.2) is 11.6 Å². The van der Waals surface area contributed by atoms with Crippen LogP contribution >= 0.6 is 0 Å². The number of Topliss-reactive ketones (excluding diaryl/α,β-unsaturated/α-hetero) is 1. The predicted octanol–water partition coefficient (Wildman–Crippen LogP) is 2.17. The molecule has 1 aromatic rings. The topological polar surface area (TPSA) is 46.5 Å². The average molecular weight is 238 g/mol. The number of halogens is 1. The normalized spacial score (nSPS) is 19.1. The summed E-state index contributed by atoms with van der Waals surface area (Å²) in [5.41, 5.74) is -0.565. The van der Waals surface area contributed by atoms with Crippen molar-refractivity contribution in [3.05, 3.63) is 29.6 Å². The van der Waals surface area contributed by atoms with E-state index < -0.39 is 11.4 Å². The van der Waals surface area contributed by atoms with Gasteiger partial charge in [-0.25, -0.2) is 4.39 Å². The highest BCUT2D eigenvalue weighted by Crippen LogP contribution is 2.36. The van der Waals surface area contributed by atoms with E-state index in [1.807, 2.05) is 0 Å². The van der Waals surface area contributed by atoms with E-state index in [0.717, 1.165) is 0 Å². The van der Waals surface area contributed by atoms with Gasteiger partial charge in [0, 0.05) is 12.8 Å². The van der Waals surface area contributed by atoms with Crippen molar-refractivity contribution in [3.8, 4) is 5.75 Å². The van der Waals surface area contributed by atoms with Gasteiger partial charge >= 0.3 is 0 Å². The van der Waals surface area contributed by atoms with E-state index in [1.165, 1.54) is 19.2 Å². The number of benzene rings is 1. The molecule has 0 spiro atoms. The van der Waals surface area contributed by atoms with Gasteiger partial charge in [0.05, 0.1) is 12.7 Å². The first kappa shape index (κ1) is 12.0. The van der Waals surface area contributed by atoms with Crippen molar-refractivity contribution in [3.63, 3.8) is 0 Å². The molecule has 1 fully saturated rings. The number of ether oxygens (including phenoxy) is 1. The van der Waals surface area contributed by atoms with Crippen molar-refractivity contribution in [2.45, 2.75) is 31.3 Å². The molecular formula is C13H15FO3. The molecule has 0 heterocycles. The highest BCUT2D eigenvalue weighted by atomic mass is 19.1. The zero-order valence-corrected chi connectivity index (χ0v) is 9.70. The van der Waals surface area contributed by atoms with Crippen LogP contribution in [0.15, 0.2) is 18.2 Å². The number of ketones is 1. The maximum atomic E-state index is 13.5. The highest BCUT2D eigenvalue weighted by molar-refractivity contribution is 5.79. The molecule has 92 valence electrons. The Balaban J connectivity index is 2.27. The third-order valence-electron chi connectivity index (χ3n) is 3.32. The zero-order valence-electron chi connectivity index (χ0n) is 9.70. The third-order valence-corrected chi connectivity index (χ3v) is 3.32. The lowest BCUT2D eigenvalue weighted by atomic mass is 9.79. The summed E-state index contributed by atoms with van der Waals surface area (Å²) in [5, 5.41) is 10.4. The van der Waals surface area contributed by atoms with Crippen molar-refractivity contribution < 1.29 is 19.0 Å². The lowest BCUT2D eigenvalue weighted by Crippen LogP contribution is -2.31. The molecular weight excluding hydrogens is 223 g/mol. The van der Waals surface area contributed by atoms with Gasteiger partial charge in [0.25, 0.3) is 0 Å². The molecule has 1 aliphatic rings. The molecule has 0 saturated heterocycles. The lowest BCUT2D eigenvalue weighted by Gasteiger charge is -2.32. The fourth-order valence-corrected chi connectivity index (χ4v) is 2.19. The second kappa shape index (κ2) is 4.45. The summed E-state index contributed by atoms with van der Waals surface area (Å²) in [7, 11) is 1.39. The van der Waals surface area contributed by atoms with Gasteiger partial charge in [0.2, 0.25) is 0 Å². The van der Waals surface area contributed by atoms with Crippen molar-refractivity contribution in [1.29, 1.82) is 0 Å². The maximum absolute atomic E-state index is 13.5. The molecule has 17 heavy (non-hydrogen) atoms. The van der Waals surface area contributed by atoms with Gasteiger partial charge in [-0.15, -0.1) is 0 Å². The molecule has 0 aromatic heterocycles. The molecule has 0 unspecified atom stereocenters. The first-order valence-electron chi connectivity index (χ1n) is 5.63. The number of aliphatic hydroxyl groups is 1. The second-order valence-electron chi connectivity index (χ2n) is 4.42. The van der Waals surface area contributed by atoms with E-state index in [1.54, 1.807) is 6.07 Å². The molecule has 3 nitrogen and oxygen atoms in total. The summed E-state index contributed by atoms with van der Waals surface area (Å²) in [6.45, 7) is 0. The maximum Gasteiger partial charge on any atom is 0.165 e. The minimum absolute atomic E-state index is 0.156. The Morgan fingerprint density at radius 2 is 2.00 bits per heavy atom. The van der Waals surface area contributed by atoms with Crippen LogP contribution in [0.3, 0.4) is 0 Å². The van der Waals surface area contributed by atoms with Gasteiger partial charge in [-0.2, -0.15) is 0 Å². The number of carbonyl (C=O) groups excluding carboxylic acids is 1. The van der Waals surface area contributed by atoms with E-state index in [-0.39, 0.29) is 11.5 Å². The molecule has 0 amide bonds. The van der Waals surface area contributed by atoms with Gasteiger partial charge in [-0.3, -0.25) is 4.79 Å². The average Bonchev–Trinajstić information content (AvgIpc) is 2.33. The van der Waals surface area contributed by atoms with Gasteiger partial charge in [-0.1, -0.05) is 6.07 Å². The van der Waals surface area contributed by atoms with Gasteiger partial charge < -0.3 is 9.84 Å². The predicted molar refractivity (Wildman–Crippen MR) is 60.3 cm³/mol.